The minimum Gasteiger partial charge on any atom is -0.454 e. The van der Waals surface area contributed by atoms with Gasteiger partial charge in [0.2, 0.25) is 6.79 Å². The molecule has 2 aromatic carbocycles. The normalized spacial score (nSPS) is 25.1. The summed E-state index contributed by atoms with van der Waals surface area (Å²) < 4.78 is 10.9. The summed E-state index contributed by atoms with van der Waals surface area (Å²) in [5, 5.41) is 14.9. The van der Waals surface area contributed by atoms with E-state index in [0.29, 0.717) is 6.79 Å². The maximum atomic E-state index is 11.5. The summed E-state index contributed by atoms with van der Waals surface area (Å²) in [4.78, 5) is 2.28. The molecule has 0 amide bonds. The van der Waals surface area contributed by atoms with E-state index in [4.69, 9.17) is 9.47 Å². The molecule has 2 N–H and O–H groups in total. The Bertz CT molecular complexity index is 847. The van der Waals surface area contributed by atoms with Crippen LogP contribution in [0, 0.1) is 0 Å². The Labute approximate surface area is 159 Å². The second-order valence-corrected chi connectivity index (χ2v) is 7.99. The lowest BCUT2D eigenvalue weighted by molar-refractivity contribution is 0.00419. The van der Waals surface area contributed by atoms with Crippen LogP contribution in [0.25, 0.3) is 0 Å². The molecule has 142 valence electrons. The summed E-state index contributed by atoms with van der Waals surface area (Å²) in [6.07, 6.45) is 1.58. The molecule has 0 saturated carbocycles. The molecule has 1 fully saturated rings. The quantitative estimate of drug-likeness (QED) is 0.875. The van der Waals surface area contributed by atoms with E-state index in [1.165, 1.54) is 11.1 Å². The van der Waals surface area contributed by atoms with Gasteiger partial charge in [0.25, 0.3) is 0 Å². The first-order valence-corrected chi connectivity index (χ1v) is 9.76. The van der Waals surface area contributed by atoms with Crippen LogP contribution in [0.2, 0.25) is 0 Å². The molecule has 3 aliphatic rings. The highest BCUT2D eigenvalue weighted by Gasteiger charge is 2.52. The second-order valence-electron chi connectivity index (χ2n) is 7.99. The zero-order valence-electron chi connectivity index (χ0n) is 15.6. The van der Waals surface area contributed by atoms with E-state index in [9.17, 15) is 5.11 Å². The number of fused-ring (bicyclic) bond motifs is 3. The molecule has 27 heavy (non-hydrogen) atoms. The molecule has 2 atom stereocenters. The number of benzene rings is 2. The smallest absolute Gasteiger partial charge is 0.231 e. The average Bonchev–Trinajstić information content (AvgIpc) is 3.24. The van der Waals surface area contributed by atoms with Crippen molar-refractivity contribution in [3.05, 3.63) is 59.2 Å². The number of rotatable bonds is 3. The molecular formula is C22H26N2O3. The summed E-state index contributed by atoms with van der Waals surface area (Å²) in [7, 11) is 2.11. The van der Waals surface area contributed by atoms with Gasteiger partial charge in [0.05, 0.1) is 12.1 Å². The van der Waals surface area contributed by atoms with Crippen LogP contribution < -0.4 is 14.8 Å². The van der Waals surface area contributed by atoms with E-state index < -0.39 is 6.10 Å². The number of nitrogens with one attached hydrogen (secondary N) is 1. The molecule has 0 bridgehead atoms. The van der Waals surface area contributed by atoms with Crippen molar-refractivity contribution in [1.29, 1.82) is 0 Å². The maximum absolute atomic E-state index is 11.5. The van der Waals surface area contributed by atoms with Gasteiger partial charge in [-0.2, -0.15) is 0 Å². The summed E-state index contributed by atoms with van der Waals surface area (Å²) >= 11 is 0. The van der Waals surface area contributed by atoms with E-state index in [1.54, 1.807) is 0 Å². The van der Waals surface area contributed by atoms with Crippen LogP contribution in [-0.2, 0) is 12.0 Å². The zero-order valence-corrected chi connectivity index (χ0v) is 15.6. The van der Waals surface area contributed by atoms with Crippen LogP contribution in [0.5, 0.6) is 11.5 Å². The van der Waals surface area contributed by atoms with Gasteiger partial charge in [-0.1, -0.05) is 30.3 Å². The van der Waals surface area contributed by atoms with Crippen molar-refractivity contribution in [3.63, 3.8) is 0 Å². The zero-order chi connectivity index (χ0) is 18.4. The van der Waals surface area contributed by atoms with Crippen LogP contribution in [0.15, 0.2) is 42.5 Å². The third kappa shape index (κ3) is 2.64. The van der Waals surface area contributed by atoms with Crippen molar-refractivity contribution in [2.45, 2.75) is 36.9 Å². The lowest BCUT2D eigenvalue weighted by Gasteiger charge is -2.40. The summed E-state index contributed by atoms with van der Waals surface area (Å²) in [6, 6.07) is 14.7. The standard InChI is InChI=1S/C22H26N2O3/c1-24(13-15-6-7-18-19(12-15)27-14-26-18)20-16-4-2-3-5-17(16)22(21(20)25)8-10-23-11-9-22/h2-7,12,20-21,23,25H,8-11,13-14H2,1H3/t20-,21+/m0/s1. The number of hydrogen-bond donors (Lipinski definition) is 2. The molecule has 1 spiro atoms. The highest BCUT2D eigenvalue weighted by Crippen LogP contribution is 2.52. The first-order valence-electron chi connectivity index (χ1n) is 9.76. The average molecular weight is 366 g/mol. The fraction of sp³-hybridized carbons (Fsp3) is 0.455. The Morgan fingerprint density at radius 1 is 1.11 bits per heavy atom. The molecule has 2 aromatic rings. The molecule has 2 aliphatic heterocycles. The lowest BCUT2D eigenvalue weighted by atomic mass is 9.72. The van der Waals surface area contributed by atoms with Gasteiger partial charge < -0.3 is 19.9 Å². The Kier molecular flexibility index (Phi) is 4.11. The lowest BCUT2D eigenvalue weighted by Crippen LogP contribution is -2.48. The van der Waals surface area contributed by atoms with E-state index in [1.807, 2.05) is 12.1 Å². The fourth-order valence-electron chi connectivity index (χ4n) is 5.18. The van der Waals surface area contributed by atoms with Gasteiger partial charge in [0.15, 0.2) is 11.5 Å². The van der Waals surface area contributed by atoms with Gasteiger partial charge in [0.1, 0.15) is 0 Å². The fourth-order valence-corrected chi connectivity index (χ4v) is 5.18. The molecule has 1 aliphatic carbocycles. The summed E-state index contributed by atoms with van der Waals surface area (Å²) in [6.45, 7) is 2.97. The number of aliphatic hydroxyl groups is 1. The summed E-state index contributed by atoms with van der Waals surface area (Å²) in [5.74, 6) is 1.62. The van der Waals surface area contributed by atoms with Crippen molar-refractivity contribution < 1.29 is 14.6 Å². The Hall–Kier alpha value is -2.08. The third-order valence-corrected chi connectivity index (χ3v) is 6.52. The minimum atomic E-state index is -0.393. The van der Waals surface area contributed by atoms with Gasteiger partial charge in [0, 0.05) is 12.0 Å². The van der Waals surface area contributed by atoms with Gasteiger partial charge in [-0.3, -0.25) is 4.90 Å². The largest absolute Gasteiger partial charge is 0.454 e. The van der Waals surface area contributed by atoms with E-state index >= 15 is 0 Å². The molecule has 0 unspecified atom stereocenters. The molecule has 0 aromatic heterocycles. The SMILES string of the molecule is CN(Cc1ccc2c(c1)OCO2)[C@H]1c2ccccc2C2(CCNCC2)[C@@H]1O. The monoisotopic (exact) mass is 366 g/mol. The second kappa shape index (κ2) is 6.51. The van der Waals surface area contributed by atoms with Crippen LogP contribution in [0.1, 0.15) is 35.6 Å². The molecule has 5 nitrogen and oxygen atoms in total. The predicted molar refractivity (Wildman–Crippen MR) is 103 cm³/mol. The number of piperidine rings is 1. The number of ether oxygens (including phenoxy) is 2. The molecule has 5 heteroatoms. The van der Waals surface area contributed by atoms with E-state index in [2.05, 4.69) is 47.6 Å². The number of hydrogen-bond acceptors (Lipinski definition) is 5. The van der Waals surface area contributed by atoms with Gasteiger partial charge in [-0.05, 0) is 61.8 Å². The minimum absolute atomic E-state index is 0.00437. The Balaban J connectivity index is 1.45. The molecule has 1 saturated heterocycles. The molecule has 0 radical (unpaired) electrons. The highest BCUT2D eigenvalue weighted by atomic mass is 16.7. The first-order chi connectivity index (χ1) is 13.2. The number of nitrogens with zero attached hydrogens (tertiary/aromatic N) is 1. The van der Waals surface area contributed by atoms with E-state index in [0.717, 1.165) is 49.5 Å². The first kappa shape index (κ1) is 17.0. The topological polar surface area (TPSA) is 54.0 Å². The molecule has 2 heterocycles. The van der Waals surface area contributed by atoms with Crippen LogP contribution >= 0.6 is 0 Å². The van der Waals surface area contributed by atoms with Crippen molar-refractivity contribution in [3.8, 4) is 11.5 Å². The third-order valence-electron chi connectivity index (χ3n) is 6.52. The molecular weight excluding hydrogens is 340 g/mol. The van der Waals surface area contributed by atoms with Crippen molar-refractivity contribution in [2.75, 3.05) is 26.9 Å². The van der Waals surface area contributed by atoms with Gasteiger partial charge in [-0.15, -0.1) is 0 Å². The van der Waals surface area contributed by atoms with Crippen molar-refractivity contribution >= 4 is 0 Å². The van der Waals surface area contributed by atoms with Crippen LogP contribution in [0.4, 0.5) is 0 Å². The van der Waals surface area contributed by atoms with Crippen molar-refractivity contribution in [2.24, 2.45) is 0 Å². The number of likely N-dealkylation sites (N-methyl/N-ethyl adjacent to an activating group) is 1. The number of aliphatic hydroxyl groups excluding tert-OH is 1. The van der Waals surface area contributed by atoms with Crippen molar-refractivity contribution in [1.82, 2.24) is 10.2 Å². The Morgan fingerprint density at radius 3 is 2.74 bits per heavy atom. The van der Waals surface area contributed by atoms with E-state index in [-0.39, 0.29) is 11.5 Å². The summed E-state index contributed by atoms with van der Waals surface area (Å²) in [5.41, 5.74) is 3.64. The predicted octanol–water partition coefficient (Wildman–Crippen LogP) is 2.58. The Morgan fingerprint density at radius 2 is 1.89 bits per heavy atom. The van der Waals surface area contributed by atoms with Gasteiger partial charge >= 0.3 is 0 Å². The highest BCUT2D eigenvalue weighted by molar-refractivity contribution is 5.46. The maximum Gasteiger partial charge on any atom is 0.231 e. The van der Waals surface area contributed by atoms with Gasteiger partial charge in [-0.25, -0.2) is 0 Å². The van der Waals surface area contributed by atoms with Crippen LogP contribution in [0.3, 0.4) is 0 Å². The molecule has 5 rings (SSSR count). The van der Waals surface area contributed by atoms with Crippen LogP contribution in [-0.4, -0.2) is 43.0 Å².